The topological polar surface area (TPSA) is 207 Å². The van der Waals surface area contributed by atoms with E-state index in [0.717, 1.165) is 18.4 Å². The van der Waals surface area contributed by atoms with Gasteiger partial charge in [-0.1, -0.05) is 24.6 Å². The first kappa shape index (κ1) is 26.7. The predicted octanol–water partition coefficient (Wildman–Crippen LogP) is 1.94. The number of hydrogen-bond acceptors (Lipinski definition) is 11. The molecule has 0 spiro atoms. The molecule has 3 heterocycles. The molecule has 0 saturated heterocycles. The Labute approximate surface area is 218 Å². The lowest BCUT2D eigenvalue weighted by Gasteiger charge is -2.15. The summed E-state index contributed by atoms with van der Waals surface area (Å²) in [6.45, 7) is 1.07. The second-order valence-corrected chi connectivity index (χ2v) is 8.70. The largest absolute Gasteiger partial charge is 0.386 e. The number of para-hydroxylation sites is 2. The molecule has 0 bridgehead atoms. The number of nitrogens with one attached hydrogen (secondary N) is 2. The normalized spacial score (nSPS) is 12.7. The molecule has 0 fully saturated rings. The van der Waals surface area contributed by atoms with Gasteiger partial charge in [0.2, 0.25) is 11.7 Å². The number of fused-ring (bicyclic) bond motifs is 1. The summed E-state index contributed by atoms with van der Waals surface area (Å²) in [7, 11) is 0. The Morgan fingerprint density at radius 2 is 2.05 bits per heavy atom. The zero-order valence-electron chi connectivity index (χ0n) is 20.7. The molecule has 3 aromatic heterocycles. The van der Waals surface area contributed by atoms with Gasteiger partial charge in [0.25, 0.3) is 0 Å². The van der Waals surface area contributed by atoms with Crippen molar-refractivity contribution in [3.63, 3.8) is 0 Å². The van der Waals surface area contributed by atoms with Crippen molar-refractivity contribution in [2.45, 2.75) is 44.4 Å². The number of nitriles is 1. The van der Waals surface area contributed by atoms with Gasteiger partial charge in [-0.3, -0.25) is 4.79 Å². The summed E-state index contributed by atoms with van der Waals surface area (Å²) in [6, 6.07) is 12.2. The molecular weight excluding hydrogens is 488 g/mol. The van der Waals surface area contributed by atoms with E-state index in [4.69, 9.17) is 21.4 Å². The third kappa shape index (κ3) is 6.30. The van der Waals surface area contributed by atoms with Gasteiger partial charge in [-0.25, -0.2) is 14.6 Å². The quantitative estimate of drug-likeness (QED) is 0.162. The molecule has 4 rings (SSSR count). The van der Waals surface area contributed by atoms with Crippen LogP contribution in [0.15, 0.2) is 47.2 Å². The highest BCUT2D eigenvalue weighted by Crippen LogP contribution is 2.30. The first-order valence-corrected chi connectivity index (χ1v) is 12.3. The number of amides is 1. The monoisotopic (exact) mass is 518 g/mol. The highest BCUT2D eigenvalue weighted by Gasteiger charge is 2.23. The molecule has 198 valence electrons. The van der Waals surface area contributed by atoms with E-state index in [1.807, 2.05) is 28.8 Å². The van der Waals surface area contributed by atoms with E-state index in [-0.39, 0.29) is 18.9 Å². The lowest BCUT2D eigenvalue weighted by Crippen LogP contribution is -2.35. The van der Waals surface area contributed by atoms with Crippen LogP contribution in [-0.4, -0.2) is 55.0 Å². The zero-order valence-corrected chi connectivity index (χ0v) is 20.7. The van der Waals surface area contributed by atoms with Gasteiger partial charge in [0.1, 0.15) is 5.82 Å². The van der Waals surface area contributed by atoms with Crippen molar-refractivity contribution in [3.05, 3.63) is 48.2 Å². The minimum atomic E-state index is -0.947. The second-order valence-electron chi connectivity index (χ2n) is 8.70. The number of nitrogens with zero attached hydrogens (tertiary/aromatic N) is 6. The van der Waals surface area contributed by atoms with Crippen LogP contribution in [-0.2, 0) is 11.3 Å². The molecule has 2 atom stereocenters. The van der Waals surface area contributed by atoms with Crippen molar-refractivity contribution < 1.29 is 14.5 Å². The SMILES string of the molecule is N#CCCNc1nonc1-c1nc2ccccc2n1CC(O)c1ccc(NC(=O)[C@@H](N)CCCCN)nc1. The maximum absolute atomic E-state index is 12.3. The van der Waals surface area contributed by atoms with Crippen molar-refractivity contribution in [1.29, 1.82) is 5.26 Å². The maximum Gasteiger partial charge on any atom is 0.242 e. The van der Waals surface area contributed by atoms with Crippen molar-refractivity contribution in [2.75, 3.05) is 23.7 Å². The molecule has 0 aliphatic carbocycles. The number of benzene rings is 1. The Balaban J connectivity index is 1.51. The van der Waals surface area contributed by atoms with Crippen LogP contribution < -0.4 is 22.1 Å². The highest BCUT2D eigenvalue weighted by atomic mass is 16.6. The molecule has 0 saturated carbocycles. The number of aromatic nitrogens is 5. The fourth-order valence-electron chi connectivity index (χ4n) is 3.94. The summed E-state index contributed by atoms with van der Waals surface area (Å²) in [5.41, 5.74) is 13.8. The summed E-state index contributed by atoms with van der Waals surface area (Å²) >= 11 is 0. The number of aliphatic hydroxyl groups excluding tert-OH is 1. The summed E-state index contributed by atoms with van der Waals surface area (Å²) in [5.74, 6) is 0.828. The molecular formula is C25H30N10O3. The molecule has 13 heteroatoms. The Morgan fingerprint density at radius 3 is 2.82 bits per heavy atom. The summed E-state index contributed by atoms with van der Waals surface area (Å²) in [6.07, 6.45) is 2.97. The number of carbonyl (C=O) groups is 1. The fourth-order valence-corrected chi connectivity index (χ4v) is 3.94. The average molecular weight is 519 g/mol. The van der Waals surface area contributed by atoms with Gasteiger partial charge in [0, 0.05) is 18.3 Å². The van der Waals surface area contributed by atoms with Crippen molar-refractivity contribution >= 4 is 28.6 Å². The van der Waals surface area contributed by atoms with E-state index in [2.05, 4.69) is 37.0 Å². The van der Waals surface area contributed by atoms with Crippen LogP contribution in [0.2, 0.25) is 0 Å². The van der Waals surface area contributed by atoms with Crippen LogP contribution in [0.25, 0.3) is 22.6 Å². The average Bonchev–Trinajstić information content (AvgIpc) is 3.53. The first-order valence-electron chi connectivity index (χ1n) is 12.3. The minimum Gasteiger partial charge on any atom is -0.386 e. The number of hydrogen-bond donors (Lipinski definition) is 5. The fraction of sp³-hybridized carbons (Fsp3) is 0.360. The van der Waals surface area contributed by atoms with E-state index in [1.54, 1.807) is 12.1 Å². The zero-order chi connectivity index (χ0) is 26.9. The number of aliphatic hydroxyl groups is 1. The number of nitrogens with two attached hydrogens (primary N) is 2. The van der Waals surface area contributed by atoms with Crippen molar-refractivity contribution in [1.82, 2.24) is 24.8 Å². The van der Waals surface area contributed by atoms with Crippen LogP contribution in [0.4, 0.5) is 11.6 Å². The second kappa shape index (κ2) is 12.7. The van der Waals surface area contributed by atoms with E-state index in [1.165, 1.54) is 6.20 Å². The summed E-state index contributed by atoms with van der Waals surface area (Å²) in [5, 5.41) is 33.5. The van der Waals surface area contributed by atoms with Crippen LogP contribution in [0.1, 0.15) is 37.4 Å². The summed E-state index contributed by atoms with van der Waals surface area (Å²) < 4.78 is 6.76. The smallest absolute Gasteiger partial charge is 0.242 e. The maximum atomic E-state index is 12.3. The Morgan fingerprint density at radius 1 is 1.21 bits per heavy atom. The Hall–Kier alpha value is -4.38. The minimum absolute atomic E-state index is 0.139. The standard InChI is InChI=1S/C25H30N10O3/c26-11-4-3-6-17(28)25(37)32-21-10-9-16(14-30-21)20(36)15-35-19-8-2-1-7-18(19)31-24(35)22-23(34-38-33-22)29-13-5-12-27/h1-2,7-10,14,17,20,36H,3-6,11,13,15,26,28H2,(H,29,34)(H,30,32,37)/t17-,20?/m0/s1. The number of anilines is 2. The number of imidazole rings is 1. The number of pyridine rings is 1. The predicted molar refractivity (Wildman–Crippen MR) is 140 cm³/mol. The van der Waals surface area contributed by atoms with Gasteiger partial charge in [-0.05, 0) is 47.9 Å². The number of rotatable bonds is 13. The molecule has 1 aromatic carbocycles. The van der Waals surface area contributed by atoms with Crippen molar-refractivity contribution in [3.8, 4) is 17.6 Å². The van der Waals surface area contributed by atoms with Crippen LogP contribution in [0, 0.1) is 11.3 Å². The number of unbranched alkanes of at least 4 members (excludes halogenated alkanes) is 1. The van der Waals surface area contributed by atoms with Crippen LogP contribution >= 0.6 is 0 Å². The summed E-state index contributed by atoms with van der Waals surface area (Å²) in [4.78, 5) is 21.3. The third-order valence-electron chi connectivity index (χ3n) is 5.97. The van der Waals surface area contributed by atoms with Crippen LogP contribution in [0.3, 0.4) is 0 Å². The van der Waals surface area contributed by atoms with Gasteiger partial charge in [-0.15, -0.1) is 0 Å². The van der Waals surface area contributed by atoms with Gasteiger partial charge in [-0.2, -0.15) is 5.26 Å². The molecule has 1 unspecified atom stereocenters. The Kier molecular flexibility index (Phi) is 8.94. The van der Waals surface area contributed by atoms with Gasteiger partial charge in [0.05, 0.1) is 42.2 Å². The van der Waals surface area contributed by atoms with Crippen molar-refractivity contribution in [2.24, 2.45) is 11.5 Å². The number of carbonyl (C=O) groups excluding carboxylic acids is 1. The molecule has 4 aromatic rings. The van der Waals surface area contributed by atoms with E-state index >= 15 is 0 Å². The molecule has 0 radical (unpaired) electrons. The van der Waals surface area contributed by atoms with E-state index < -0.39 is 12.1 Å². The lowest BCUT2D eigenvalue weighted by molar-refractivity contribution is -0.117. The molecule has 13 nitrogen and oxygen atoms in total. The van der Waals surface area contributed by atoms with Gasteiger partial charge < -0.3 is 31.8 Å². The Bertz CT molecular complexity index is 1390. The highest BCUT2D eigenvalue weighted by molar-refractivity contribution is 5.93. The molecule has 38 heavy (non-hydrogen) atoms. The third-order valence-corrected chi connectivity index (χ3v) is 5.97. The molecule has 7 N–H and O–H groups in total. The van der Waals surface area contributed by atoms with Gasteiger partial charge in [0.15, 0.2) is 11.5 Å². The first-order chi connectivity index (χ1) is 18.5. The van der Waals surface area contributed by atoms with E-state index in [0.29, 0.717) is 53.7 Å². The molecule has 1 amide bonds. The molecule has 0 aliphatic heterocycles. The van der Waals surface area contributed by atoms with E-state index in [9.17, 15) is 9.90 Å². The lowest BCUT2D eigenvalue weighted by atomic mass is 10.1. The van der Waals surface area contributed by atoms with Crippen LogP contribution in [0.5, 0.6) is 0 Å². The van der Waals surface area contributed by atoms with Gasteiger partial charge >= 0.3 is 0 Å². The molecule has 0 aliphatic rings.